The van der Waals surface area contributed by atoms with Gasteiger partial charge in [-0.1, -0.05) is 41.6 Å². The third kappa shape index (κ3) is 3.41. The van der Waals surface area contributed by atoms with Crippen molar-refractivity contribution in [2.24, 2.45) is 11.7 Å². The molecule has 3 N–H and O–H groups in total. The van der Waals surface area contributed by atoms with Crippen LogP contribution in [0.4, 0.5) is 0 Å². The number of carbonyl (C=O) groups is 1. The van der Waals surface area contributed by atoms with E-state index in [0.717, 1.165) is 11.3 Å². The summed E-state index contributed by atoms with van der Waals surface area (Å²) in [4.78, 5) is 12.0. The minimum absolute atomic E-state index is 0.0401. The Bertz CT molecular complexity index is 390. The maximum absolute atomic E-state index is 12.0. The molecule has 6 heteroatoms. The van der Waals surface area contributed by atoms with Gasteiger partial charge in [0.15, 0.2) is 5.69 Å². The maximum Gasteiger partial charge on any atom is 0.274 e. The van der Waals surface area contributed by atoms with Gasteiger partial charge < -0.3 is 15.6 Å². The molecular formula is C11H18IN3O2. The lowest BCUT2D eigenvalue weighted by atomic mass is 10.0. The van der Waals surface area contributed by atoms with Crippen molar-refractivity contribution < 1.29 is 9.32 Å². The highest BCUT2D eigenvalue weighted by Gasteiger charge is 2.21. The predicted molar refractivity (Wildman–Crippen MR) is 74.1 cm³/mol. The van der Waals surface area contributed by atoms with E-state index in [2.05, 4.69) is 33.1 Å². The lowest BCUT2D eigenvalue weighted by Crippen LogP contribution is -2.43. The first-order chi connectivity index (χ1) is 8.01. The van der Waals surface area contributed by atoms with Crippen LogP contribution in [0.25, 0.3) is 0 Å². The standard InChI is InChI=1S/C11H18IN3O2/c1-6(2)8(5-13)14-11(16)10-7(3)9(4-12)17-15-10/h6,8H,4-5,13H2,1-3H3,(H,14,16). The average molecular weight is 351 g/mol. The highest BCUT2D eigenvalue weighted by Crippen LogP contribution is 2.16. The van der Waals surface area contributed by atoms with Gasteiger partial charge in [0.05, 0.1) is 4.43 Å². The number of amides is 1. The first-order valence-electron chi connectivity index (χ1n) is 5.53. The molecule has 1 amide bonds. The van der Waals surface area contributed by atoms with Gasteiger partial charge >= 0.3 is 0 Å². The number of rotatable bonds is 5. The summed E-state index contributed by atoms with van der Waals surface area (Å²) in [6.07, 6.45) is 0. The third-order valence-corrected chi connectivity index (χ3v) is 3.42. The van der Waals surface area contributed by atoms with Crippen molar-refractivity contribution in [1.82, 2.24) is 10.5 Å². The van der Waals surface area contributed by atoms with Gasteiger partial charge in [0.25, 0.3) is 5.91 Å². The van der Waals surface area contributed by atoms with Crippen molar-refractivity contribution >= 4 is 28.5 Å². The Kier molecular flexibility index (Phi) is 5.38. The van der Waals surface area contributed by atoms with E-state index in [1.54, 1.807) is 0 Å². The predicted octanol–water partition coefficient (Wildman–Crippen LogP) is 1.63. The number of nitrogens with two attached hydrogens (primary N) is 1. The Labute approximate surface area is 115 Å². The number of nitrogens with zero attached hydrogens (tertiary/aromatic N) is 1. The van der Waals surface area contributed by atoms with Gasteiger partial charge in [-0.05, 0) is 12.8 Å². The molecule has 96 valence electrons. The largest absolute Gasteiger partial charge is 0.359 e. The van der Waals surface area contributed by atoms with E-state index >= 15 is 0 Å². The van der Waals surface area contributed by atoms with E-state index in [-0.39, 0.29) is 11.9 Å². The van der Waals surface area contributed by atoms with E-state index in [0.29, 0.717) is 22.6 Å². The molecule has 1 rings (SSSR count). The smallest absolute Gasteiger partial charge is 0.274 e. The Balaban J connectivity index is 2.79. The molecule has 1 atom stereocenters. The summed E-state index contributed by atoms with van der Waals surface area (Å²) in [6.45, 7) is 6.29. The first kappa shape index (κ1) is 14.4. The molecule has 0 aliphatic rings. The molecule has 1 heterocycles. The number of halogens is 1. The molecule has 0 saturated heterocycles. The molecule has 0 aromatic carbocycles. The molecule has 1 unspecified atom stereocenters. The molecule has 0 saturated carbocycles. The quantitative estimate of drug-likeness (QED) is 0.624. The van der Waals surface area contributed by atoms with Gasteiger partial charge in [0.1, 0.15) is 5.76 Å². The molecule has 0 aliphatic carbocycles. The lowest BCUT2D eigenvalue weighted by molar-refractivity contribution is 0.0918. The molecule has 0 radical (unpaired) electrons. The van der Waals surface area contributed by atoms with Gasteiger partial charge in [0.2, 0.25) is 0 Å². The Morgan fingerprint density at radius 3 is 2.65 bits per heavy atom. The summed E-state index contributed by atoms with van der Waals surface area (Å²) in [5.41, 5.74) is 6.77. The van der Waals surface area contributed by atoms with Crippen molar-refractivity contribution in [2.75, 3.05) is 6.54 Å². The van der Waals surface area contributed by atoms with Crippen LogP contribution >= 0.6 is 22.6 Å². The van der Waals surface area contributed by atoms with Gasteiger partial charge in [-0.3, -0.25) is 4.79 Å². The normalized spacial score (nSPS) is 12.8. The number of aromatic nitrogens is 1. The molecular weight excluding hydrogens is 333 g/mol. The van der Waals surface area contributed by atoms with Gasteiger partial charge in [-0.15, -0.1) is 0 Å². The average Bonchev–Trinajstić information content (AvgIpc) is 2.66. The van der Waals surface area contributed by atoms with Gasteiger partial charge in [0, 0.05) is 18.2 Å². The summed E-state index contributed by atoms with van der Waals surface area (Å²) in [7, 11) is 0. The number of hydrogen-bond donors (Lipinski definition) is 2. The van der Waals surface area contributed by atoms with Crippen molar-refractivity contribution in [3.8, 4) is 0 Å². The second-order valence-corrected chi connectivity index (χ2v) is 5.04. The van der Waals surface area contributed by atoms with Crippen molar-refractivity contribution in [3.05, 3.63) is 17.0 Å². The number of carbonyl (C=O) groups excluding carboxylic acids is 1. The van der Waals surface area contributed by atoms with Crippen LogP contribution in [-0.4, -0.2) is 23.7 Å². The van der Waals surface area contributed by atoms with Crippen LogP contribution < -0.4 is 11.1 Å². The second kappa shape index (κ2) is 6.34. The molecule has 0 fully saturated rings. The van der Waals surface area contributed by atoms with Crippen LogP contribution in [-0.2, 0) is 4.43 Å². The van der Waals surface area contributed by atoms with Crippen molar-refractivity contribution in [1.29, 1.82) is 0 Å². The third-order valence-electron chi connectivity index (χ3n) is 2.73. The fraction of sp³-hybridized carbons (Fsp3) is 0.636. The molecule has 17 heavy (non-hydrogen) atoms. The number of hydrogen-bond acceptors (Lipinski definition) is 4. The highest BCUT2D eigenvalue weighted by molar-refractivity contribution is 14.1. The lowest BCUT2D eigenvalue weighted by Gasteiger charge is -2.19. The summed E-state index contributed by atoms with van der Waals surface area (Å²) in [6, 6.07) is -0.0401. The Hall–Kier alpha value is -0.630. The Morgan fingerprint density at radius 1 is 1.59 bits per heavy atom. The highest BCUT2D eigenvalue weighted by atomic mass is 127. The molecule has 5 nitrogen and oxygen atoms in total. The fourth-order valence-corrected chi connectivity index (χ4v) is 2.15. The van der Waals surface area contributed by atoms with Crippen molar-refractivity contribution in [3.63, 3.8) is 0 Å². The maximum atomic E-state index is 12.0. The van der Waals surface area contributed by atoms with Crippen LogP contribution in [0.2, 0.25) is 0 Å². The van der Waals surface area contributed by atoms with Crippen molar-refractivity contribution in [2.45, 2.75) is 31.2 Å². The van der Waals surface area contributed by atoms with E-state index in [1.165, 1.54) is 0 Å². The second-order valence-electron chi connectivity index (χ2n) is 4.27. The number of nitrogens with one attached hydrogen (secondary N) is 1. The molecule has 1 aromatic rings. The number of alkyl halides is 1. The van der Waals surface area contributed by atoms with Gasteiger partial charge in [-0.25, -0.2) is 0 Å². The summed E-state index contributed by atoms with van der Waals surface area (Å²) < 4.78 is 5.79. The van der Waals surface area contributed by atoms with Crippen LogP contribution in [0.1, 0.15) is 35.7 Å². The van der Waals surface area contributed by atoms with Gasteiger partial charge in [-0.2, -0.15) is 0 Å². The Morgan fingerprint density at radius 2 is 2.24 bits per heavy atom. The zero-order chi connectivity index (χ0) is 13.0. The van der Waals surface area contributed by atoms with Crippen LogP contribution in [0.5, 0.6) is 0 Å². The summed E-state index contributed by atoms with van der Waals surface area (Å²) >= 11 is 2.17. The zero-order valence-electron chi connectivity index (χ0n) is 10.3. The van der Waals surface area contributed by atoms with E-state index in [9.17, 15) is 4.79 Å². The molecule has 0 spiro atoms. The fourth-order valence-electron chi connectivity index (χ4n) is 1.44. The first-order valence-corrected chi connectivity index (χ1v) is 7.05. The SMILES string of the molecule is Cc1c(C(=O)NC(CN)C(C)C)noc1CI. The van der Waals surface area contributed by atoms with Crippen LogP contribution in [0.3, 0.4) is 0 Å². The van der Waals surface area contributed by atoms with Crippen LogP contribution in [0, 0.1) is 12.8 Å². The van der Waals surface area contributed by atoms with Crippen LogP contribution in [0.15, 0.2) is 4.52 Å². The molecule has 0 bridgehead atoms. The minimum Gasteiger partial charge on any atom is -0.359 e. The summed E-state index contributed by atoms with van der Waals surface area (Å²) in [5, 5.41) is 6.67. The van der Waals surface area contributed by atoms with E-state index < -0.39 is 0 Å². The monoisotopic (exact) mass is 351 g/mol. The molecule has 0 aliphatic heterocycles. The molecule has 1 aromatic heterocycles. The zero-order valence-corrected chi connectivity index (χ0v) is 12.4. The topological polar surface area (TPSA) is 81.2 Å². The van der Waals surface area contributed by atoms with E-state index in [4.69, 9.17) is 10.3 Å². The van der Waals surface area contributed by atoms with E-state index in [1.807, 2.05) is 20.8 Å². The summed E-state index contributed by atoms with van der Waals surface area (Å²) in [5.74, 6) is 0.816. The minimum atomic E-state index is -0.216.